The van der Waals surface area contributed by atoms with Crippen LogP contribution in [0.15, 0.2) is 30.5 Å². The molecule has 1 aromatic carbocycles. The second-order valence-electron chi connectivity index (χ2n) is 4.51. The fourth-order valence-corrected chi connectivity index (χ4v) is 1.94. The van der Waals surface area contributed by atoms with E-state index in [4.69, 9.17) is 0 Å². The third-order valence-electron chi connectivity index (χ3n) is 3.18. The Morgan fingerprint density at radius 2 is 1.78 bits per heavy atom. The summed E-state index contributed by atoms with van der Waals surface area (Å²) < 4.78 is 1.96. The molecule has 0 spiro atoms. The van der Waals surface area contributed by atoms with E-state index in [2.05, 4.69) is 54.7 Å². The summed E-state index contributed by atoms with van der Waals surface area (Å²) in [6, 6.07) is 8.76. The molecule has 0 aliphatic carbocycles. The predicted molar refractivity (Wildman–Crippen MR) is 75.8 cm³/mol. The Bertz CT molecular complexity index is 497. The van der Waals surface area contributed by atoms with Gasteiger partial charge in [0.1, 0.15) is 0 Å². The molecule has 0 saturated carbocycles. The number of nitrogens with one attached hydrogen (secondary N) is 1. The van der Waals surface area contributed by atoms with Gasteiger partial charge in [-0.25, -0.2) is 0 Å². The molecule has 0 radical (unpaired) electrons. The van der Waals surface area contributed by atoms with E-state index >= 15 is 0 Å². The van der Waals surface area contributed by atoms with Crippen LogP contribution in [0.2, 0.25) is 0 Å². The normalized spacial score (nSPS) is 10.6. The van der Waals surface area contributed by atoms with E-state index in [0.29, 0.717) is 0 Å². The van der Waals surface area contributed by atoms with E-state index < -0.39 is 0 Å². The van der Waals surface area contributed by atoms with Crippen LogP contribution in [0.4, 0.5) is 5.69 Å². The zero-order valence-electron chi connectivity index (χ0n) is 11.4. The molecule has 2 rings (SSSR count). The van der Waals surface area contributed by atoms with Crippen molar-refractivity contribution < 1.29 is 0 Å². The van der Waals surface area contributed by atoms with Gasteiger partial charge in [-0.05, 0) is 31.4 Å². The summed E-state index contributed by atoms with van der Waals surface area (Å²) in [5.41, 5.74) is 4.86. The number of rotatable bonds is 5. The standard InChI is InChI=1S/C15H21N3/c1-4-13-6-8-14(9-7-13)10-16-15-11-18(5-2)17-12(15)3/h6-9,11,16H,4-5,10H2,1-3H3. The van der Waals surface area contributed by atoms with Gasteiger partial charge < -0.3 is 5.32 Å². The Balaban J connectivity index is 1.99. The number of aromatic nitrogens is 2. The van der Waals surface area contributed by atoms with Crippen molar-refractivity contribution in [1.82, 2.24) is 9.78 Å². The molecule has 0 bridgehead atoms. The Hall–Kier alpha value is -1.77. The Kier molecular flexibility index (Phi) is 4.03. The van der Waals surface area contributed by atoms with Crippen molar-refractivity contribution in [1.29, 1.82) is 0 Å². The van der Waals surface area contributed by atoms with E-state index in [1.54, 1.807) is 0 Å². The second kappa shape index (κ2) is 5.71. The van der Waals surface area contributed by atoms with E-state index in [-0.39, 0.29) is 0 Å². The van der Waals surface area contributed by atoms with Crippen LogP contribution in [0.25, 0.3) is 0 Å². The molecule has 0 fully saturated rings. The SMILES string of the molecule is CCc1ccc(CNc2cn(CC)nc2C)cc1. The number of anilines is 1. The van der Waals surface area contributed by atoms with Crippen LogP contribution in [0, 0.1) is 6.92 Å². The number of hydrogen-bond donors (Lipinski definition) is 1. The lowest BCUT2D eigenvalue weighted by atomic mass is 10.1. The summed E-state index contributed by atoms with van der Waals surface area (Å²) in [5, 5.41) is 7.86. The van der Waals surface area contributed by atoms with Gasteiger partial charge in [-0.2, -0.15) is 5.10 Å². The van der Waals surface area contributed by atoms with Crippen LogP contribution < -0.4 is 5.32 Å². The highest BCUT2D eigenvalue weighted by atomic mass is 15.3. The number of aryl methyl sites for hydroxylation is 3. The second-order valence-corrected chi connectivity index (χ2v) is 4.51. The fourth-order valence-electron chi connectivity index (χ4n) is 1.94. The first-order valence-corrected chi connectivity index (χ1v) is 6.58. The van der Waals surface area contributed by atoms with E-state index in [1.807, 2.05) is 11.6 Å². The van der Waals surface area contributed by atoms with Gasteiger partial charge in [-0.1, -0.05) is 31.2 Å². The predicted octanol–water partition coefficient (Wildman–Crippen LogP) is 3.39. The number of hydrogen-bond acceptors (Lipinski definition) is 2. The van der Waals surface area contributed by atoms with Crippen molar-refractivity contribution in [2.45, 2.75) is 40.3 Å². The molecule has 0 amide bonds. The molecule has 18 heavy (non-hydrogen) atoms. The van der Waals surface area contributed by atoms with Crippen LogP contribution in [0.1, 0.15) is 30.7 Å². The summed E-state index contributed by atoms with van der Waals surface area (Å²) in [7, 11) is 0. The van der Waals surface area contributed by atoms with Crippen molar-refractivity contribution in [2.24, 2.45) is 0 Å². The lowest BCUT2D eigenvalue weighted by Gasteiger charge is -2.05. The summed E-state index contributed by atoms with van der Waals surface area (Å²) in [4.78, 5) is 0. The van der Waals surface area contributed by atoms with Crippen LogP contribution in [0.5, 0.6) is 0 Å². The van der Waals surface area contributed by atoms with E-state index in [9.17, 15) is 0 Å². The van der Waals surface area contributed by atoms with Crippen LogP contribution in [-0.4, -0.2) is 9.78 Å². The van der Waals surface area contributed by atoms with Gasteiger partial charge in [0.25, 0.3) is 0 Å². The quantitative estimate of drug-likeness (QED) is 0.872. The maximum Gasteiger partial charge on any atom is 0.0825 e. The zero-order chi connectivity index (χ0) is 13.0. The van der Waals surface area contributed by atoms with Crippen LogP contribution in [-0.2, 0) is 19.5 Å². The van der Waals surface area contributed by atoms with Gasteiger partial charge in [0, 0.05) is 19.3 Å². The maximum atomic E-state index is 4.42. The molecule has 0 aliphatic rings. The largest absolute Gasteiger partial charge is 0.378 e. The van der Waals surface area contributed by atoms with Crippen molar-refractivity contribution in [2.75, 3.05) is 5.32 Å². The minimum Gasteiger partial charge on any atom is -0.378 e. The summed E-state index contributed by atoms with van der Waals surface area (Å²) >= 11 is 0. The minimum atomic E-state index is 0.847. The molecule has 96 valence electrons. The van der Waals surface area contributed by atoms with Crippen LogP contribution in [0.3, 0.4) is 0 Å². The van der Waals surface area contributed by atoms with Crippen LogP contribution >= 0.6 is 0 Å². The third-order valence-corrected chi connectivity index (χ3v) is 3.18. The maximum absolute atomic E-state index is 4.42. The monoisotopic (exact) mass is 243 g/mol. The summed E-state index contributed by atoms with van der Waals surface area (Å²) in [6.07, 6.45) is 3.16. The Morgan fingerprint density at radius 3 is 2.33 bits per heavy atom. The highest BCUT2D eigenvalue weighted by molar-refractivity contribution is 5.46. The molecule has 0 saturated heterocycles. The average molecular weight is 243 g/mol. The molecule has 1 heterocycles. The number of benzene rings is 1. The molecule has 0 aliphatic heterocycles. The lowest BCUT2D eigenvalue weighted by molar-refractivity contribution is 0.653. The van der Waals surface area contributed by atoms with Gasteiger partial charge in [-0.3, -0.25) is 4.68 Å². The van der Waals surface area contributed by atoms with Crippen molar-refractivity contribution >= 4 is 5.69 Å². The third kappa shape index (κ3) is 2.92. The Labute approximate surface area is 109 Å². The van der Waals surface area contributed by atoms with Crippen molar-refractivity contribution in [3.8, 4) is 0 Å². The summed E-state index contributed by atoms with van der Waals surface area (Å²) in [5.74, 6) is 0. The highest BCUT2D eigenvalue weighted by Crippen LogP contribution is 2.14. The minimum absolute atomic E-state index is 0.847. The lowest BCUT2D eigenvalue weighted by Crippen LogP contribution is -1.99. The fraction of sp³-hybridized carbons (Fsp3) is 0.400. The first-order chi connectivity index (χ1) is 8.72. The smallest absolute Gasteiger partial charge is 0.0825 e. The zero-order valence-corrected chi connectivity index (χ0v) is 11.4. The van der Waals surface area contributed by atoms with Gasteiger partial charge >= 0.3 is 0 Å². The molecule has 3 nitrogen and oxygen atoms in total. The average Bonchev–Trinajstić information content (AvgIpc) is 2.77. The first kappa shape index (κ1) is 12.7. The molecule has 3 heteroatoms. The molecular formula is C15H21N3. The first-order valence-electron chi connectivity index (χ1n) is 6.58. The molecule has 2 aromatic rings. The molecule has 0 atom stereocenters. The topological polar surface area (TPSA) is 29.9 Å². The Morgan fingerprint density at radius 1 is 1.11 bits per heavy atom. The van der Waals surface area contributed by atoms with Gasteiger partial charge in [0.15, 0.2) is 0 Å². The summed E-state index contributed by atoms with van der Waals surface area (Å²) in [6.45, 7) is 8.07. The van der Waals surface area contributed by atoms with Crippen molar-refractivity contribution in [3.63, 3.8) is 0 Å². The number of nitrogens with zero attached hydrogens (tertiary/aromatic N) is 2. The molecule has 0 unspecified atom stereocenters. The van der Waals surface area contributed by atoms with E-state index in [1.165, 1.54) is 11.1 Å². The molecule has 1 aromatic heterocycles. The molecule has 1 N–H and O–H groups in total. The highest BCUT2D eigenvalue weighted by Gasteiger charge is 2.03. The van der Waals surface area contributed by atoms with Gasteiger partial charge in [0.05, 0.1) is 11.4 Å². The molecular weight excluding hydrogens is 222 g/mol. The van der Waals surface area contributed by atoms with Crippen molar-refractivity contribution in [3.05, 3.63) is 47.3 Å². The van der Waals surface area contributed by atoms with Gasteiger partial charge in [-0.15, -0.1) is 0 Å². The van der Waals surface area contributed by atoms with Gasteiger partial charge in [0.2, 0.25) is 0 Å². The van der Waals surface area contributed by atoms with E-state index in [0.717, 1.165) is 30.9 Å².